The molecule has 4 heteroatoms. The quantitative estimate of drug-likeness (QED) is 0.816. The molecule has 2 aromatic rings. The van der Waals surface area contributed by atoms with Gasteiger partial charge in [-0.2, -0.15) is 0 Å². The summed E-state index contributed by atoms with van der Waals surface area (Å²) in [4.78, 5) is 5.87. The zero-order valence-electron chi connectivity index (χ0n) is 12.6. The van der Waals surface area contributed by atoms with Crippen LogP contribution in [0.15, 0.2) is 41.6 Å². The Labute approximate surface area is 130 Å². The number of thiophene rings is 1. The lowest BCUT2D eigenvalue weighted by molar-refractivity contribution is 0.556. The van der Waals surface area contributed by atoms with Gasteiger partial charge < -0.3 is 9.88 Å². The SMILES string of the molecule is Cn1ccnc1C(NCCC1=CCCCC1)c1cccs1. The highest BCUT2D eigenvalue weighted by Crippen LogP contribution is 2.25. The lowest BCUT2D eigenvalue weighted by Gasteiger charge is -2.19. The van der Waals surface area contributed by atoms with E-state index in [0.717, 1.165) is 18.8 Å². The molecule has 3 nitrogen and oxygen atoms in total. The van der Waals surface area contributed by atoms with Gasteiger partial charge in [-0.05, 0) is 50.1 Å². The van der Waals surface area contributed by atoms with E-state index < -0.39 is 0 Å². The first-order valence-corrected chi connectivity index (χ1v) is 8.64. The van der Waals surface area contributed by atoms with E-state index in [0.29, 0.717) is 0 Å². The minimum Gasteiger partial charge on any atom is -0.336 e. The molecule has 2 heterocycles. The summed E-state index contributed by atoms with van der Waals surface area (Å²) >= 11 is 1.79. The third-order valence-corrected chi connectivity index (χ3v) is 5.06. The largest absolute Gasteiger partial charge is 0.336 e. The van der Waals surface area contributed by atoms with Crippen LogP contribution in [-0.2, 0) is 7.05 Å². The molecule has 0 aliphatic heterocycles. The number of rotatable bonds is 6. The smallest absolute Gasteiger partial charge is 0.131 e. The van der Waals surface area contributed by atoms with Gasteiger partial charge in [0.05, 0.1) is 0 Å². The van der Waals surface area contributed by atoms with Crippen molar-refractivity contribution in [2.45, 2.75) is 38.1 Å². The lowest BCUT2D eigenvalue weighted by Crippen LogP contribution is -2.25. The van der Waals surface area contributed by atoms with Crippen LogP contribution in [0.25, 0.3) is 0 Å². The van der Waals surface area contributed by atoms with E-state index in [2.05, 4.69) is 45.5 Å². The Hall–Kier alpha value is -1.39. The fourth-order valence-corrected chi connectivity index (χ4v) is 3.73. The number of imidazole rings is 1. The van der Waals surface area contributed by atoms with Gasteiger partial charge in [-0.15, -0.1) is 11.3 Å². The molecule has 0 spiro atoms. The molecule has 0 bridgehead atoms. The average Bonchev–Trinajstić information content (AvgIpc) is 3.17. The summed E-state index contributed by atoms with van der Waals surface area (Å²) in [6.07, 6.45) is 12.8. The first-order chi connectivity index (χ1) is 10.3. The second-order valence-electron chi connectivity index (χ2n) is 5.66. The molecule has 0 radical (unpaired) electrons. The number of aromatic nitrogens is 2. The van der Waals surface area contributed by atoms with Crippen LogP contribution >= 0.6 is 11.3 Å². The Kier molecular flexibility index (Phi) is 4.88. The molecule has 112 valence electrons. The Balaban J connectivity index is 1.66. The van der Waals surface area contributed by atoms with E-state index in [-0.39, 0.29) is 6.04 Å². The molecule has 0 saturated carbocycles. The molecule has 0 fully saturated rings. The monoisotopic (exact) mass is 301 g/mol. The summed E-state index contributed by atoms with van der Waals surface area (Å²) < 4.78 is 2.11. The molecule has 0 saturated heterocycles. The minimum atomic E-state index is 0.203. The second kappa shape index (κ2) is 7.05. The van der Waals surface area contributed by atoms with Gasteiger partial charge >= 0.3 is 0 Å². The Morgan fingerprint density at radius 2 is 2.38 bits per heavy atom. The highest BCUT2D eigenvalue weighted by molar-refractivity contribution is 7.10. The first-order valence-electron chi connectivity index (χ1n) is 7.76. The van der Waals surface area contributed by atoms with Gasteiger partial charge in [0.1, 0.15) is 11.9 Å². The maximum atomic E-state index is 4.53. The minimum absolute atomic E-state index is 0.203. The van der Waals surface area contributed by atoms with E-state index in [9.17, 15) is 0 Å². The second-order valence-corrected chi connectivity index (χ2v) is 6.64. The molecule has 1 atom stereocenters. The highest BCUT2D eigenvalue weighted by Gasteiger charge is 2.18. The molecule has 0 aromatic carbocycles. The average molecular weight is 301 g/mol. The van der Waals surface area contributed by atoms with Gasteiger partial charge in [-0.1, -0.05) is 17.7 Å². The summed E-state index contributed by atoms with van der Waals surface area (Å²) in [5.74, 6) is 1.09. The Bertz CT molecular complexity index is 583. The van der Waals surface area contributed by atoms with Crippen LogP contribution in [0.2, 0.25) is 0 Å². The summed E-state index contributed by atoms with van der Waals surface area (Å²) in [7, 11) is 2.06. The van der Waals surface area contributed by atoms with Crippen molar-refractivity contribution in [2.75, 3.05) is 6.54 Å². The van der Waals surface area contributed by atoms with Gasteiger partial charge in [-0.25, -0.2) is 4.98 Å². The van der Waals surface area contributed by atoms with Crippen molar-refractivity contribution in [1.29, 1.82) is 0 Å². The number of aryl methyl sites for hydroxylation is 1. The van der Waals surface area contributed by atoms with Crippen molar-refractivity contribution in [1.82, 2.24) is 14.9 Å². The van der Waals surface area contributed by atoms with Gasteiger partial charge in [0.15, 0.2) is 0 Å². The summed E-state index contributed by atoms with van der Waals surface area (Å²) in [5.41, 5.74) is 1.62. The van der Waals surface area contributed by atoms with Crippen LogP contribution in [0.1, 0.15) is 48.8 Å². The number of nitrogens with one attached hydrogen (secondary N) is 1. The maximum absolute atomic E-state index is 4.53. The van der Waals surface area contributed by atoms with Gasteiger partial charge in [0.2, 0.25) is 0 Å². The lowest BCUT2D eigenvalue weighted by atomic mass is 9.97. The first kappa shape index (κ1) is 14.5. The summed E-state index contributed by atoms with van der Waals surface area (Å²) in [6, 6.07) is 4.51. The third-order valence-electron chi connectivity index (χ3n) is 4.12. The van der Waals surface area contributed by atoms with E-state index in [1.807, 2.05) is 12.4 Å². The number of hydrogen-bond donors (Lipinski definition) is 1. The predicted octanol–water partition coefficient (Wildman–Crippen LogP) is 4.05. The molecule has 1 N–H and O–H groups in total. The highest BCUT2D eigenvalue weighted by atomic mass is 32.1. The molecule has 3 rings (SSSR count). The van der Waals surface area contributed by atoms with Crippen LogP contribution in [0.4, 0.5) is 0 Å². The van der Waals surface area contributed by atoms with Crippen molar-refractivity contribution in [3.05, 3.63) is 52.3 Å². The Morgan fingerprint density at radius 3 is 3.05 bits per heavy atom. The Morgan fingerprint density at radius 1 is 1.43 bits per heavy atom. The van der Waals surface area contributed by atoms with Crippen LogP contribution in [0.3, 0.4) is 0 Å². The fourth-order valence-electron chi connectivity index (χ4n) is 2.94. The third kappa shape index (κ3) is 3.63. The van der Waals surface area contributed by atoms with Crippen molar-refractivity contribution >= 4 is 11.3 Å². The van der Waals surface area contributed by atoms with Crippen LogP contribution in [0, 0.1) is 0 Å². The van der Waals surface area contributed by atoms with E-state index >= 15 is 0 Å². The van der Waals surface area contributed by atoms with Gasteiger partial charge in [-0.3, -0.25) is 0 Å². The van der Waals surface area contributed by atoms with Crippen LogP contribution in [0.5, 0.6) is 0 Å². The molecule has 0 amide bonds. The molecule has 1 aliphatic carbocycles. The van der Waals surface area contributed by atoms with Crippen molar-refractivity contribution in [3.63, 3.8) is 0 Å². The molecule has 2 aromatic heterocycles. The van der Waals surface area contributed by atoms with E-state index in [4.69, 9.17) is 0 Å². The zero-order valence-corrected chi connectivity index (χ0v) is 13.4. The van der Waals surface area contributed by atoms with Crippen LogP contribution < -0.4 is 5.32 Å². The zero-order chi connectivity index (χ0) is 14.5. The summed E-state index contributed by atoms with van der Waals surface area (Å²) in [6.45, 7) is 1.02. The van der Waals surface area contributed by atoms with Crippen molar-refractivity contribution in [3.8, 4) is 0 Å². The van der Waals surface area contributed by atoms with Gasteiger partial charge in [0.25, 0.3) is 0 Å². The van der Waals surface area contributed by atoms with E-state index in [1.165, 1.54) is 30.6 Å². The molecule has 1 aliphatic rings. The number of hydrogen-bond acceptors (Lipinski definition) is 3. The van der Waals surface area contributed by atoms with E-state index in [1.54, 1.807) is 16.9 Å². The normalized spacial score (nSPS) is 16.7. The van der Waals surface area contributed by atoms with Gasteiger partial charge in [0, 0.05) is 24.3 Å². The van der Waals surface area contributed by atoms with Crippen LogP contribution in [-0.4, -0.2) is 16.1 Å². The van der Waals surface area contributed by atoms with Crippen molar-refractivity contribution < 1.29 is 0 Å². The molecule has 21 heavy (non-hydrogen) atoms. The number of nitrogens with zero attached hydrogens (tertiary/aromatic N) is 2. The standard InChI is InChI=1S/C17H23N3S/c1-20-12-11-19-17(20)16(15-8-5-13-21-15)18-10-9-14-6-3-2-4-7-14/h5-6,8,11-13,16,18H,2-4,7,9-10H2,1H3. The molecular weight excluding hydrogens is 278 g/mol. The number of allylic oxidation sites excluding steroid dienone is 1. The topological polar surface area (TPSA) is 29.9 Å². The molecular formula is C17H23N3S. The maximum Gasteiger partial charge on any atom is 0.131 e. The van der Waals surface area contributed by atoms with Crippen molar-refractivity contribution in [2.24, 2.45) is 7.05 Å². The fraction of sp³-hybridized carbons (Fsp3) is 0.471. The summed E-state index contributed by atoms with van der Waals surface area (Å²) in [5, 5.41) is 5.83. The molecule has 1 unspecified atom stereocenters. The predicted molar refractivity (Wildman–Crippen MR) is 88.5 cm³/mol.